The molecule has 3 heterocycles. The van der Waals surface area contributed by atoms with E-state index in [4.69, 9.17) is 36.1 Å². The minimum absolute atomic E-state index is 0.0934. The van der Waals surface area contributed by atoms with Crippen molar-refractivity contribution in [3.63, 3.8) is 0 Å². The fraction of sp³-hybridized carbons (Fsp3) is 0.241. The van der Waals surface area contributed by atoms with Crippen LogP contribution in [-0.2, 0) is 10.5 Å². The van der Waals surface area contributed by atoms with Gasteiger partial charge in [-0.15, -0.1) is 11.3 Å². The molecule has 0 saturated carbocycles. The van der Waals surface area contributed by atoms with Gasteiger partial charge < -0.3 is 19.5 Å². The van der Waals surface area contributed by atoms with Crippen LogP contribution in [0.3, 0.4) is 0 Å². The molecule has 2 aromatic carbocycles. The number of aromatic nitrogens is 2. The lowest BCUT2D eigenvalue weighted by molar-refractivity contribution is 0.0550. The molecule has 202 valence electrons. The Balaban J connectivity index is 1.52. The predicted molar refractivity (Wildman–Crippen MR) is 157 cm³/mol. The van der Waals surface area contributed by atoms with E-state index in [9.17, 15) is 10.5 Å². The van der Waals surface area contributed by atoms with Gasteiger partial charge in [0.05, 0.1) is 17.9 Å². The SMILES string of the molecule is COC1CCN1c1nc(SCc2csc(-c3ccc(Cl)cc3)n2)c(C#N)c(-c2ccc(OCCO)cc2)c1C#N. The van der Waals surface area contributed by atoms with Crippen molar-refractivity contribution in [2.75, 3.05) is 31.8 Å². The third-order valence-electron chi connectivity index (χ3n) is 6.38. The minimum atomic E-state index is -0.187. The molecule has 0 amide bonds. The zero-order valence-corrected chi connectivity index (χ0v) is 23.9. The molecule has 8 nitrogen and oxygen atoms in total. The van der Waals surface area contributed by atoms with E-state index in [2.05, 4.69) is 12.1 Å². The zero-order valence-electron chi connectivity index (χ0n) is 21.5. The number of ether oxygens (including phenoxy) is 2. The summed E-state index contributed by atoms with van der Waals surface area (Å²) >= 11 is 8.98. The van der Waals surface area contributed by atoms with Crippen molar-refractivity contribution in [3.8, 4) is 39.6 Å². The molecule has 1 aliphatic heterocycles. The summed E-state index contributed by atoms with van der Waals surface area (Å²) in [6.07, 6.45) is 0.636. The first-order valence-electron chi connectivity index (χ1n) is 12.4. The van der Waals surface area contributed by atoms with E-state index >= 15 is 0 Å². The van der Waals surface area contributed by atoms with Crippen LogP contribution in [0.1, 0.15) is 23.2 Å². The predicted octanol–water partition coefficient (Wildman–Crippen LogP) is 6.11. The minimum Gasteiger partial charge on any atom is -0.491 e. The molecule has 1 N–H and O–H groups in total. The van der Waals surface area contributed by atoms with Crippen molar-refractivity contribution in [2.45, 2.75) is 23.4 Å². The molecular weight excluding hydrogens is 566 g/mol. The smallest absolute Gasteiger partial charge is 0.150 e. The third-order valence-corrected chi connectivity index (χ3v) is 8.58. The van der Waals surface area contributed by atoms with Crippen LogP contribution >= 0.6 is 34.7 Å². The average Bonchev–Trinajstić information content (AvgIpc) is 3.44. The van der Waals surface area contributed by atoms with Gasteiger partial charge in [0.2, 0.25) is 0 Å². The van der Waals surface area contributed by atoms with Gasteiger partial charge in [-0.1, -0.05) is 47.6 Å². The fourth-order valence-corrected chi connectivity index (χ4v) is 6.27. The Labute approximate surface area is 245 Å². The third kappa shape index (κ3) is 5.78. The van der Waals surface area contributed by atoms with Gasteiger partial charge in [-0.3, -0.25) is 0 Å². The highest BCUT2D eigenvalue weighted by atomic mass is 35.5. The number of methoxy groups -OCH3 is 1. The molecule has 1 fully saturated rings. The van der Waals surface area contributed by atoms with Gasteiger partial charge in [0.25, 0.3) is 0 Å². The van der Waals surface area contributed by atoms with Gasteiger partial charge in [0.1, 0.15) is 46.3 Å². The van der Waals surface area contributed by atoms with E-state index in [0.717, 1.165) is 22.7 Å². The lowest BCUT2D eigenvalue weighted by Gasteiger charge is -2.41. The molecule has 4 aromatic rings. The Morgan fingerprint density at radius 1 is 1.07 bits per heavy atom. The van der Waals surface area contributed by atoms with E-state index in [0.29, 0.717) is 56.2 Å². The number of aliphatic hydroxyl groups excluding tert-OH is 1. The number of anilines is 1. The van der Waals surface area contributed by atoms with E-state index in [1.165, 1.54) is 11.8 Å². The van der Waals surface area contributed by atoms with Gasteiger partial charge in [0, 0.05) is 47.4 Å². The number of aliphatic hydroxyl groups is 1. The van der Waals surface area contributed by atoms with E-state index < -0.39 is 0 Å². The van der Waals surface area contributed by atoms with E-state index in [1.54, 1.807) is 30.6 Å². The summed E-state index contributed by atoms with van der Waals surface area (Å²) in [5.74, 6) is 1.58. The van der Waals surface area contributed by atoms with Crippen LogP contribution in [0.25, 0.3) is 21.7 Å². The number of thiazole rings is 1. The molecule has 1 aliphatic rings. The molecule has 0 radical (unpaired) electrons. The number of thioether (sulfide) groups is 1. The Morgan fingerprint density at radius 3 is 2.42 bits per heavy atom. The summed E-state index contributed by atoms with van der Waals surface area (Å²) < 4.78 is 11.1. The second kappa shape index (κ2) is 12.7. The van der Waals surface area contributed by atoms with Crippen LogP contribution < -0.4 is 9.64 Å². The molecular formula is C29H24ClN5O3S2. The molecule has 0 spiro atoms. The Bertz CT molecular complexity index is 1580. The van der Waals surface area contributed by atoms with Crippen molar-refractivity contribution >= 4 is 40.5 Å². The van der Waals surface area contributed by atoms with Crippen molar-refractivity contribution in [2.24, 2.45) is 0 Å². The van der Waals surface area contributed by atoms with Gasteiger partial charge in [-0.2, -0.15) is 10.5 Å². The van der Waals surface area contributed by atoms with Crippen LogP contribution in [0, 0.1) is 22.7 Å². The highest BCUT2D eigenvalue weighted by molar-refractivity contribution is 7.98. The van der Waals surface area contributed by atoms with Gasteiger partial charge in [0.15, 0.2) is 5.82 Å². The Kier molecular flexibility index (Phi) is 8.85. The number of hydrogen-bond donors (Lipinski definition) is 1. The zero-order chi connectivity index (χ0) is 28.1. The largest absolute Gasteiger partial charge is 0.491 e. The number of nitriles is 2. The summed E-state index contributed by atoms with van der Waals surface area (Å²) in [5.41, 5.74) is 3.72. The summed E-state index contributed by atoms with van der Waals surface area (Å²) in [6.45, 7) is 0.778. The first-order valence-corrected chi connectivity index (χ1v) is 14.7. The van der Waals surface area contributed by atoms with Crippen LogP contribution in [0.5, 0.6) is 5.75 Å². The van der Waals surface area contributed by atoms with Crippen molar-refractivity contribution in [1.29, 1.82) is 10.5 Å². The first kappa shape index (κ1) is 27.9. The van der Waals surface area contributed by atoms with Gasteiger partial charge >= 0.3 is 0 Å². The van der Waals surface area contributed by atoms with E-state index in [-0.39, 0.29) is 19.4 Å². The number of pyridine rings is 1. The number of benzene rings is 2. The molecule has 5 rings (SSSR count). The molecule has 1 atom stereocenters. The summed E-state index contributed by atoms with van der Waals surface area (Å²) in [6, 6.07) is 19.3. The highest BCUT2D eigenvalue weighted by Gasteiger charge is 2.34. The standard InChI is InChI=1S/C29H24ClN5O3S2/c1-37-25-10-11-35(25)27-23(14-31)26(18-4-8-22(9-5-18)38-13-12-36)24(15-32)29(34-27)40-17-21-16-39-28(33-21)19-2-6-20(30)7-3-19/h2-9,16,25,36H,10-13,17H2,1H3. The quantitative estimate of drug-likeness (QED) is 0.219. The molecule has 1 unspecified atom stereocenters. The van der Waals surface area contributed by atoms with Crippen molar-refractivity contribution in [1.82, 2.24) is 9.97 Å². The molecule has 0 bridgehead atoms. The van der Waals surface area contributed by atoms with Crippen molar-refractivity contribution < 1.29 is 14.6 Å². The molecule has 0 aliphatic carbocycles. The molecule has 1 saturated heterocycles. The Morgan fingerprint density at radius 2 is 1.80 bits per heavy atom. The topological polar surface area (TPSA) is 115 Å². The normalized spacial score (nSPS) is 14.3. The maximum Gasteiger partial charge on any atom is 0.150 e. The highest BCUT2D eigenvalue weighted by Crippen LogP contribution is 2.41. The van der Waals surface area contributed by atoms with Crippen LogP contribution in [-0.4, -0.2) is 48.2 Å². The number of rotatable bonds is 10. The van der Waals surface area contributed by atoms with Gasteiger partial charge in [-0.25, -0.2) is 9.97 Å². The number of nitrogens with zero attached hydrogens (tertiary/aromatic N) is 5. The second-order valence-corrected chi connectivity index (χ2v) is 11.1. The lowest BCUT2D eigenvalue weighted by Crippen LogP contribution is -2.49. The second-order valence-electron chi connectivity index (χ2n) is 8.80. The average molecular weight is 590 g/mol. The molecule has 2 aromatic heterocycles. The van der Waals surface area contributed by atoms with Gasteiger partial charge in [-0.05, 0) is 29.8 Å². The Hall–Kier alpha value is -3.64. The van der Waals surface area contributed by atoms with Crippen LogP contribution in [0.15, 0.2) is 58.9 Å². The summed E-state index contributed by atoms with van der Waals surface area (Å²) in [5, 5.41) is 33.7. The first-order chi connectivity index (χ1) is 19.6. The van der Waals surface area contributed by atoms with Crippen molar-refractivity contribution in [3.05, 3.63) is 75.8 Å². The number of halogens is 1. The lowest BCUT2D eigenvalue weighted by atomic mass is 9.95. The number of hydrogen-bond acceptors (Lipinski definition) is 10. The fourth-order valence-electron chi connectivity index (χ4n) is 4.34. The molecule has 40 heavy (non-hydrogen) atoms. The summed E-state index contributed by atoms with van der Waals surface area (Å²) in [4.78, 5) is 11.6. The van der Waals surface area contributed by atoms with E-state index in [1.807, 2.05) is 46.7 Å². The van der Waals surface area contributed by atoms with Crippen LogP contribution in [0.4, 0.5) is 5.82 Å². The monoisotopic (exact) mass is 589 g/mol. The molecule has 11 heteroatoms. The summed E-state index contributed by atoms with van der Waals surface area (Å²) in [7, 11) is 1.63. The van der Waals surface area contributed by atoms with Crippen LogP contribution in [0.2, 0.25) is 5.02 Å². The maximum atomic E-state index is 10.3. The maximum absolute atomic E-state index is 10.3.